The molecule has 1 N–H and O–H groups in total. The van der Waals surface area contributed by atoms with Gasteiger partial charge >= 0.3 is 0 Å². The van der Waals surface area contributed by atoms with Crippen LogP contribution in [0.4, 0.5) is 18.9 Å². The highest BCUT2D eigenvalue weighted by atomic mass is 19.2. The quantitative estimate of drug-likeness (QED) is 0.902. The third-order valence-corrected chi connectivity index (χ3v) is 2.98. The summed E-state index contributed by atoms with van der Waals surface area (Å²) in [4.78, 5) is 0. The maximum atomic E-state index is 13.6. The Bertz CT molecular complexity index is 616. The molecule has 2 aromatic rings. The molecular formula is C15H14F3NO. The fraction of sp³-hybridized carbons (Fsp3) is 0.200. The average Bonchev–Trinajstić information content (AvgIpc) is 2.42. The molecule has 5 heteroatoms. The van der Waals surface area contributed by atoms with E-state index in [9.17, 15) is 13.2 Å². The van der Waals surface area contributed by atoms with Crippen molar-refractivity contribution in [1.29, 1.82) is 0 Å². The Morgan fingerprint density at radius 3 is 2.30 bits per heavy atom. The Balaban J connectivity index is 2.17. The summed E-state index contributed by atoms with van der Waals surface area (Å²) in [7, 11) is 1.39. The van der Waals surface area contributed by atoms with E-state index >= 15 is 0 Å². The number of rotatable bonds is 4. The van der Waals surface area contributed by atoms with Crippen LogP contribution in [0.25, 0.3) is 0 Å². The Kier molecular flexibility index (Phi) is 4.17. The van der Waals surface area contributed by atoms with Crippen LogP contribution in [0.3, 0.4) is 0 Å². The molecule has 0 aromatic heterocycles. The second-order valence-corrected chi connectivity index (χ2v) is 4.39. The smallest absolute Gasteiger partial charge is 0.165 e. The molecule has 0 aliphatic heterocycles. The third kappa shape index (κ3) is 3.04. The number of nitrogens with one attached hydrogen (secondary N) is 1. The van der Waals surface area contributed by atoms with Crippen molar-refractivity contribution < 1.29 is 17.9 Å². The maximum absolute atomic E-state index is 13.6. The summed E-state index contributed by atoms with van der Waals surface area (Å²) in [6, 6.07) is 7.84. The van der Waals surface area contributed by atoms with Crippen LogP contribution in [0, 0.1) is 17.5 Å². The first-order valence-electron chi connectivity index (χ1n) is 6.06. The third-order valence-electron chi connectivity index (χ3n) is 2.98. The zero-order valence-electron chi connectivity index (χ0n) is 11.1. The lowest BCUT2D eigenvalue weighted by Crippen LogP contribution is -2.07. The minimum Gasteiger partial charge on any atom is -0.494 e. The zero-order chi connectivity index (χ0) is 14.7. The number of halogens is 3. The monoisotopic (exact) mass is 281 g/mol. The zero-order valence-corrected chi connectivity index (χ0v) is 11.1. The van der Waals surface area contributed by atoms with Crippen LogP contribution in [0.15, 0.2) is 36.4 Å². The highest BCUT2D eigenvalue weighted by molar-refractivity contribution is 5.46. The molecule has 0 saturated carbocycles. The van der Waals surface area contributed by atoms with E-state index in [1.807, 2.05) is 0 Å². The van der Waals surface area contributed by atoms with E-state index in [2.05, 4.69) is 5.32 Å². The first kappa shape index (κ1) is 14.2. The normalized spacial score (nSPS) is 12.1. The van der Waals surface area contributed by atoms with Gasteiger partial charge in [0.25, 0.3) is 0 Å². The molecule has 0 amide bonds. The van der Waals surface area contributed by atoms with E-state index in [1.54, 1.807) is 13.0 Å². The lowest BCUT2D eigenvalue weighted by atomic mass is 10.1. The number of ether oxygens (including phenoxy) is 1. The molecule has 0 fully saturated rings. The molecule has 20 heavy (non-hydrogen) atoms. The molecule has 106 valence electrons. The average molecular weight is 281 g/mol. The van der Waals surface area contributed by atoms with Gasteiger partial charge in [-0.2, -0.15) is 0 Å². The topological polar surface area (TPSA) is 21.3 Å². The van der Waals surface area contributed by atoms with E-state index in [0.717, 1.165) is 12.1 Å². The summed E-state index contributed by atoms with van der Waals surface area (Å²) in [5.74, 6) is -2.14. The molecule has 2 nitrogen and oxygen atoms in total. The number of methoxy groups -OCH3 is 1. The SMILES string of the molecule is COc1ccc(C(C)Nc2ccc(F)c(F)c2)cc1F. The molecule has 0 spiro atoms. The van der Waals surface area contributed by atoms with Crippen molar-refractivity contribution in [2.24, 2.45) is 0 Å². The molecular weight excluding hydrogens is 267 g/mol. The van der Waals surface area contributed by atoms with Gasteiger partial charge in [0.1, 0.15) is 0 Å². The van der Waals surface area contributed by atoms with Crippen molar-refractivity contribution in [2.45, 2.75) is 13.0 Å². The van der Waals surface area contributed by atoms with Crippen molar-refractivity contribution in [3.63, 3.8) is 0 Å². The van der Waals surface area contributed by atoms with E-state index < -0.39 is 17.5 Å². The van der Waals surface area contributed by atoms with Crippen molar-refractivity contribution in [3.8, 4) is 5.75 Å². The van der Waals surface area contributed by atoms with Crippen LogP contribution in [0.1, 0.15) is 18.5 Å². The number of anilines is 1. The summed E-state index contributed by atoms with van der Waals surface area (Å²) in [5, 5.41) is 2.98. The van der Waals surface area contributed by atoms with Crippen LogP contribution in [-0.4, -0.2) is 7.11 Å². The molecule has 0 radical (unpaired) electrons. The molecule has 2 aromatic carbocycles. The molecule has 0 aliphatic carbocycles. The van der Waals surface area contributed by atoms with Gasteiger partial charge in [-0.15, -0.1) is 0 Å². The van der Waals surface area contributed by atoms with Crippen molar-refractivity contribution in [1.82, 2.24) is 0 Å². The Morgan fingerprint density at radius 2 is 1.70 bits per heavy atom. The fourth-order valence-corrected chi connectivity index (χ4v) is 1.87. The van der Waals surface area contributed by atoms with Crippen molar-refractivity contribution >= 4 is 5.69 Å². The van der Waals surface area contributed by atoms with Gasteiger partial charge in [-0.05, 0) is 36.8 Å². The highest BCUT2D eigenvalue weighted by Crippen LogP contribution is 2.25. The van der Waals surface area contributed by atoms with Crippen LogP contribution in [0.2, 0.25) is 0 Å². The predicted octanol–water partition coefficient (Wildman–Crippen LogP) is 4.29. The second-order valence-electron chi connectivity index (χ2n) is 4.39. The molecule has 1 unspecified atom stereocenters. The Morgan fingerprint density at radius 1 is 0.950 bits per heavy atom. The van der Waals surface area contributed by atoms with Crippen LogP contribution in [-0.2, 0) is 0 Å². The van der Waals surface area contributed by atoms with Crippen LogP contribution >= 0.6 is 0 Å². The van der Waals surface area contributed by atoms with Gasteiger partial charge in [0, 0.05) is 17.8 Å². The Labute approximate surface area is 115 Å². The second kappa shape index (κ2) is 5.86. The lowest BCUT2D eigenvalue weighted by molar-refractivity contribution is 0.386. The standard InChI is InChI=1S/C15H14F3NO/c1-9(10-3-6-15(20-2)14(18)7-10)19-11-4-5-12(16)13(17)8-11/h3-9,19H,1-2H3. The van der Waals surface area contributed by atoms with Gasteiger partial charge in [-0.25, -0.2) is 13.2 Å². The van der Waals surface area contributed by atoms with Gasteiger partial charge in [-0.3, -0.25) is 0 Å². The minimum atomic E-state index is -0.928. The molecule has 1 atom stereocenters. The van der Waals surface area contributed by atoms with E-state index in [1.165, 1.54) is 25.3 Å². The molecule has 0 bridgehead atoms. The van der Waals surface area contributed by atoms with E-state index in [4.69, 9.17) is 4.74 Å². The molecule has 0 saturated heterocycles. The molecule has 2 rings (SSSR count). The summed E-state index contributed by atoms with van der Waals surface area (Å²) >= 11 is 0. The van der Waals surface area contributed by atoms with E-state index in [-0.39, 0.29) is 11.8 Å². The summed E-state index contributed by atoms with van der Waals surface area (Å²) < 4.78 is 44.4. The van der Waals surface area contributed by atoms with Gasteiger partial charge in [0.05, 0.1) is 7.11 Å². The predicted molar refractivity (Wildman–Crippen MR) is 71.3 cm³/mol. The van der Waals surface area contributed by atoms with Gasteiger partial charge in [-0.1, -0.05) is 6.07 Å². The maximum Gasteiger partial charge on any atom is 0.165 e. The largest absolute Gasteiger partial charge is 0.494 e. The van der Waals surface area contributed by atoms with E-state index in [0.29, 0.717) is 11.3 Å². The number of benzene rings is 2. The summed E-state index contributed by atoms with van der Waals surface area (Å²) in [5.41, 5.74) is 1.10. The summed E-state index contributed by atoms with van der Waals surface area (Å²) in [6.45, 7) is 1.79. The first-order valence-corrected chi connectivity index (χ1v) is 6.06. The molecule has 0 aliphatic rings. The van der Waals surface area contributed by atoms with Crippen molar-refractivity contribution in [2.75, 3.05) is 12.4 Å². The van der Waals surface area contributed by atoms with Crippen molar-refractivity contribution in [3.05, 3.63) is 59.4 Å². The van der Waals surface area contributed by atoms with Crippen LogP contribution in [0.5, 0.6) is 5.75 Å². The number of hydrogen-bond acceptors (Lipinski definition) is 2. The first-order chi connectivity index (χ1) is 9.51. The molecule has 0 heterocycles. The fourth-order valence-electron chi connectivity index (χ4n) is 1.87. The van der Waals surface area contributed by atoms with Gasteiger partial charge in [0.2, 0.25) is 0 Å². The lowest BCUT2D eigenvalue weighted by Gasteiger charge is -2.16. The van der Waals surface area contributed by atoms with Gasteiger partial charge < -0.3 is 10.1 Å². The minimum absolute atomic E-state index is 0.161. The highest BCUT2D eigenvalue weighted by Gasteiger charge is 2.10. The Hall–Kier alpha value is -2.17. The van der Waals surface area contributed by atoms with Crippen LogP contribution < -0.4 is 10.1 Å². The summed E-state index contributed by atoms with van der Waals surface area (Å²) in [6.07, 6.45) is 0. The number of hydrogen-bond donors (Lipinski definition) is 1. The van der Waals surface area contributed by atoms with Gasteiger partial charge in [0.15, 0.2) is 23.2 Å².